The van der Waals surface area contributed by atoms with Gasteiger partial charge in [-0.25, -0.2) is 0 Å². The van der Waals surface area contributed by atoms with Crippen molar-refractivity contribution in [2.45, 2.75) is 12.5 Å². The van der Waals surface area contributed by atoms with Gasteiger partial charge in [0.05, 0.1) is 12.7 Å². The van der Waals surface area contributed by atoms with Crippen molar-refractivity contribution in [2.24, 2.45) is 5.92 Å². The average Bonchev–Trinajstić information content (AvgIpc) is 2.81. The fourth-order valence-corrected chi connectivity index (χ4v) is 2.06. The Bertz CT molecular complexity index is 346. The Kier molecular flexibility index (Phi) is 3.46. The highest BCUT2D eigenvalue weighted by atomic mass is 16.5. The molecule has 0 aromatic heterocycles. The quantitative estimate of drug-likeness (QED) is 0.845. The molecule has 0 spiro atoms. The highest BCUT2D eigenvalue weighted by molar-refractivity contribution is 5.47. The molecule has 2 atom stereocenters. The SMILES string of the molecule is CN(C)c1cccc(C(O)C2CCOC2)c1. The molecular weight excluding hydrogens is 202 g/mol. The zero-order chi connectivity index (χ0) is 11.5. The Labute approximate surface area is 96.6 Å². The standard InChI is InChI=1S/C13H19NO2/c1-14(2)12-5-3-4-10(8-12)13(15)11-6-7-16-9-11/h3-5,8,11,13,15H,6-7,9H2,1-2H3. The first-order chi connectivity index (χ1) is 7.68. The topological polar surface area (TPSA) is 32.7 Å². The number of benzene rings is 1. The second-order valence-corrected chi connectivity index (χ2v) is 4.56. The molecule has 16 heavy (non-hydrogen) atoms. The predicted molar refractivity (Wildman–Crippen MR) is 64.7 cm³/mol. The van der Waals surface area contributed by atoms with Crippen LogP contribution in [-0.4, -0.2) is 32.4 Å². The third-order valence-electron chi connectivity index (χ3n) is 3.14. The van der Waals surface area contributed by atoms with Crippen molar-refractivity contribution < 1.29 is 9.84 Å². The molecule has 3 heteroatoms. The van der Waals surface area contributed by atoms with Crippen LogP contribution >= 0.6 is 0 Å². The summed E-state index contributed by atoms with van der Waals surface area (Å²) in [7, 11) is 4.01. The summed E-state index contributed by atoms with van der Waals surface area (Å²) in [4.78, 5) is 2.04. The third-order valence-corrected chi connectivity index (χ3v) is 3.14. The molecule has 1 aliphatic heterocycles. The van der Waals surface area contributed by atoms with Crippen LogP contribution in [0.1, 0.15) is 18.1 Å². The van der Waals surface area contributed by atoms with E-state index in [1.807, 2.05) is 43.3 Å². The van der Waals surface area contributed by atoms with Gasteiger partial charge in [0.25, 0.3) is 0 Å². The Balaban J connectivity index is 2.15. The summed E-state index contributed by atoms with van der Waals surface area (Å²) in [6, 6.07) is 8.06. The second-order valence-electron chi connectivity index (χ2n) is 4.56. The van der Waals surface area contributed by atoms with Crippen molar-refractivity contribution in [3.8, 4) is 0 Å². The summed E-state index contributed by atoms with van der Waals surface area (Å²) in [6.45, 7) is 1.45. The lowest BCUT2D eigenvalue weighted by molar-refractivity contribution is 0.0918. The molecule has 0 amide bonds. The van der Waals surface area contributed by atoms with Gasteiger partial charge in [0.15, 0.2) is 0 Å². The van der Waals surface area contributed by atoms with Crippen molar-refractivity contribution in [1.29, 1.82) is 0 Å². The van der Waals surface area contributed by atoms with E-state index in [0.29, 0.717) is 6.61 Å². The highest BCUT2D eigenvalue weighted by Gasteiger charge is 2.25. The van der Waals surface area contributed by atoms with Gasteiger partial charge in [0.1, 0.15) is 0 Å². The van der Waals surface area contributed by atoms with E-state index in [4.69, 9.17) is 4.74 Å². The number of rotatable bonds is 3. The minimum atomic E-state index is -0.401. The number of ether oxygens (including phenoxy) is 1. The Morgan fingerprint density at radius 1 is 1.44 bits per heavy atom. The van der Waals surface area contributed by atoms with Crippen LogP contribution < -0.4 is 4.90 Å². The third kappa shape index (κ3) is 2.36. The molecule has 0 saturated carbocycles. The average molecular weight is 221 g/mol. The van der Waals surface area contributed by atoms with E-state index in [9.17, 15) is 5.11 Å². The molecule has 1 saturated heterocycles. The molecule has 1 aromatic rings. The van der Waals surface area contributed by atoms with E-state index in [0.717, 1.165) is 24.3 Å². The number of nitrogens with zero attached hydrogens (tertiary/aromatic N) is 1. The summed E-state index contributed by atoms with van der Waals surface area (Å²) >= 11 is 0. The Hall–Kier alpha value is -1.06. The number of anilines is 1. The summed E-state index contributed by atoms with van der Waals surface area (Å²) in [5, 5.41) is 10.2. The minimum absolute atomic E-state index is 0.248. The van der Waals surface area contributed by atoms with E-state index in [1.165, 1.54) is 0 Å². The van der Waals surface area contributed by atoms with Crippen molar-refractivity contribution >= 4 is 5.69 Å². The fourth-order valence-electron chi connectivity index (χ4n) is 2.06. The maximum absolute atomic E-state index is 10.2. The Morgan fingerprint density at radius 3 is 2.88 bits per heavy atom. The molecule has 1 aliphatic rings. The number of aliphatic hydroxyl groups excluding tert-OH is 1. The molecule has 1 fully saturated rings. The van der Waals surface area contributed by atoms with E-state index in [-0.39, 0.29) is 5.92 Å². The lowest BCUT2D eigenvalue weighted by Gasteiger charge is -2.19. The molecule has 0 aliphatic carbocycles. The Morgan fingerprint density at radius 2 is 2.25 bits per heavy atom. The summed E-state index contributed by atoms with van der Waals surface area (Å²) in [5.74, 6) is 0.248. The van der Waals surface area contributed by atoms with Crippen LogP contribution in [0, 0.1) is 5.92 Å². The molecule has 2 unspecified atom stereocenters. The molecule has 88 valence electrons. The van der Waals surface area contributed by atoms with E-state index in [2.05, 4.69) is 0 Å². The first-order valence-electron chi connectivity index (χ1n) is 5.71. The molecule has 1 N–H and O–H groups in total. The van der Waals surface area contributed by atoms with Crippen LogP contribution in [-0.2, 0) is 4.74 Å². The summed E-state index contributed by atoms with van der Waals surface area (Å²) in [6.07, 6.45) is 0.551. The van der Waals surface area contributed by atoms with Crippen LogP contribution in [0.25, 0.3) is 0 Å². The smallest absolute Gasteiger partial charge is 0.0841 e. The van der Waals surface area contributed by atoms with Crippen LogP contribution in [0.3, 0.4) is 0 Å². The predicted octanol–water partition coefficient (Wildman–Crippen LogP) is 1.82. The lowest BCUT2D eigenvalue weighted by Crippen LogP contribution is -2.14. The molecule has 0 bridgehead atoms. The minimum Gasteiger partial charge on any atom is -0.388 e. The molecule has 0 radical (unpaired) electrons. The van der Waals surface area contributed by atoms with E-state index >= 15 is 0 Å². The molecule has 1 aromatic carbocycles. The summed E-state index contributed by atoms with van der Waals surface area (Å²) < 4.78 is 5.31. The number of hydrogen-bond donors (Lipinski definition) is 1. The first kappa shape index (κ1) is 11.4. The van der Waals surface area contributed by atoms with Crippen LogP contribution in [0.2, 0.25) is 0 Å². The van der Waals surface area contributed by atoms with Crippen LogP contribution in [0.15, 0.2) is 24.3 Å². The van der Waals surface area contributed by atoms with Crippen molar-refractivity contribution in [1.82, 2.24) is 0 Å². The fraction of sp³-hybridized carbons (Fsp3) is 0.538. The first-order valence-corrected chi connectivity index (χ1v) is 5.71. The largest absolute Gasteiger partial charge is 0.388 e. The van der Waals surface area contributed by atoms with Gasteiger partial charge in [0.2, 0.25) is 0 Å². The van der Waals surface area contributed by atoms with Crippen LogP contribution in [0.4, 0.5) is 5.69 Å². The van der Waals surface area contributed by atoms with Gasteiger partial charge in [0, 0.05) is 32.3 Å². The maximum Gasteiger partial charge on any atom is 0.0841 e. The molecule has 1 heterocycles. The van der Waals surface area contributed by atoms with Crippen molar-refractivity contribution in [3.63, 3.8) is 0 Å². The zero-order valence-corrected chi connectivity index (χ0v) is 9.89. The monoisotopic (exact) mass is 221 g/mol. The van der Waals surface area contributed by atoms with Gasteiger partial charge in [-0.3, -0.25) is 0 Å². The van der Waals surface area contributed by atoms with Crippen LogP contribution in [0.5, 0.6) is 0 Å². The van der Waals surface area contributed by atoms with Gasteiger partial charge in [-0.05, 0) is 24.1 Å². The lowest BCUT2D eigenvalue weighted by atomic mass is 9.95. The molecule has 3 nitrogen and oxygen atoms in total. The van der Waals surface area contributed by atoms with E-state index in [1.54, 1.807) is 0 Å². The summed E-state index contributed by atoms with van der Waals surface area (Å²) in [5.41, 5.74) is 2.11. The van der Waals surface area contributed by atoms with Crippen molar-refractivity contribution in [3.05, 3.63) is 29.8 Å². The highest BCUT2D eigenvalue weighted by Crippen LogP contribution is 2.30. The maximum atomic E-state index is 10.2. The zero-order valence-electron chi connectivity index (χ0n) is 9.89. The van der Waals surface area contributed by atoms with E-state index < -0.39 is 6.10 Å². The molecule has 2 rings (SSSR count). The molecular formula is C13H19NO2. The number of aliphatic hydroxyl groups is 1. The van der Waals surface area contributed by atoms with Gasteiger partial charge >= 0.3 is 0 Å². The van der Waals surface area contributed by atoms with Gasteiger partial charge in [-0.1, -0.05) is 12.1 Å². The van der Waals surface area contributed by atoms with Gasteiger partial charge in [-0.2, -0.15) is 0 Å². The van der Waals surface area contributed by atoms with Gasteiger partial charge < -0.3 is 14.7 Å². The second kappa shape index (κ2) is 4.85. The normalized spacial score (nSPS) is 22.1. The van der Waals surface area contributed by atoms with Gasteiger partial charge in [-0.15, -0.1) is 0 Å². The number of hydrogen-bond acceptors (Lipinski definition) is 3. The van der Waals surface area contributed by atoms with Crippen molar-refractivity contribution in [2.75, 3.05) is 32.2 Å².